The lowest BCUT2D eigenvalue weighted by Crippen LogP contribution is -2.27. The van der Waals surface area contributed by atoms with Gasteiger partial charge in [0.1, 0.15) is 5.76 Å². The third-order valence-electron chi connectivity index (χ3n) is 2.71. The topological polar surface area (TPSA) is 42.2 Å². The Kier molecular flexibility index (Phi) is 3.60. The molecule has 0 saturated heterocycles. The molecule has 0 aliphatic rings. The van der Waals surface area contributed by atoms with Crippen LogP contribution in [0.5, 0.6) is 0 Å². The van der Waals surface area contributed by atoms with E-state index in [2.05, 4.69) is 5.32 Å². The molecule has 88 valence electrons. The predicted molar refractivity (Wildman–Crippen MR) is 65.4 cm³/mol. The normalized spacial score (nSPS) is 12.1. The van der Waals surface area contributed by atoms with Crippen molar-refractivity contribution in [1.29, 1.82) is 0 Å². The molecule has 1 N–H and O–H groups in total. The quantitative estimate of drug-likeness (QED) is 0.875. The molecule has 3 nitrogen and oxygen atoms in total. The van der Waals surface area contributed by atoms with E-state index in [4.69, 9.17) is 4.42 Å². The van der Waals surface area contributed by atoms with Gasteiger partial charge in [0, 0.05) is 0 Å². The van der Waals surface area contributed by atoms with Gasteiger partial charge in [0.05, 0.1) is 18.7 Å². The van der Waals surface area contributed by atoms with Gasteiger partial charge in [0.25, 0.3) is 0 Å². The van der Waals surface area contributed by atoms with Crippen LogP contribution in [0, 0.1) is 0 Å². The maximum Gasteiger partial charge on any atom is 0.227 e. The van der Waals surface area contributed by atoms with E-state index in [1.165, 1.54) is 0 Å². The van der Waals surface area contributed by atoms with Crippen LogP contribution in [0.4, 0.5) is 0 Å². The highest BCUT2D eigenvalue weighted by Crippen LogP contribution is 2.14. The van der Waals surface area contributed by atoms with Crippen molar-refractivity contribution in [3.63, 3.8) is 0 Å². The Hall–Kier alpha value is -2.03. The second-order valence-electron chi connectivity index (χ2n) is 3.93. The minimum atomic E-state index is -0.147. The number of carbonyl (C=O) groups excluding carboxylic acids is 1. The minimum Gasteiger partial charge on any atom is -0.467 e. The molecule has 0 spiro atoms. The summed E-state index contributed by atoms with van der Waals surface area (Å²) in [6.45, 7) is 2.33. The number of furan rings is 1. The van der Waals surface area contributed by atoms with Gasteiger partial charge in [-0.2, -0.15) is 0 Å². The van der Waals surface area contributed by atoms with Gasteiger partial charge >= 0.3 is 0 Å². The van der Waals surface area contributed by atoms with Crippen LogP contribution in [0.15, 0.2) is 53.1 Å². The molecule has 2 rings (SSSR count). The SMILES string of the molecule is CC(C(=O)NCc1ccco1)c1ccccc1. The van der Waals surface area contributed by atoms with Crippen LogP contribution in [0.25, 0.3) is 0 Å². The van der Waals surface area contributed by atoms with E-state index < -0.39 is 0 Å². The molecule has 0 radical (unpaired) electrons. The van der Waals surface area contributed by atoms with Gasteiger partial charge in [0.15, 0.2) is 0 Å². The Balaban J connectivity index is 1.92. The molecular formula is C14H15NO2. The standard InChI is InChI=1S/C14H15NO2/c1-11(12-6-3-2-4-7-12)14(16)15-10-13-8-5-9-17-13/h2-9,11H,10H2,1H3,(H,15,16). The molecule has 3 heteroatoms. The number of nitrogens with one attached hydrogen (secondary N) is 1. The summed E-state index contributed by atoms with van der Waals surface area (Å²) in [5, 5.41) is 2.85. The van der Waals surface area contributed by atoms with Crippen molar-refractivity contribution in [1.82, 2.24) is 5.32 Å². The van der Waals surface area contributed by atoms with E-state index in [0.717, 1.165) is 11.3 Å². The number of rotatable bonds is 4. The van der Waals surface area contributed by atoms with E-state index in [1.54, 1.807) is 6.26 Å². The molecule has 1 unspecified atom stereocenters. The van der Waals surface area contributed by atoms with E-state index in [-0.39, 0.29) is 11.8 Å². The molecule has 1 aromatic carbocycles. The molecule has 17 heavy (non-hydrogen) atoms. The second kappa shape index (κ2) is 5.34. The maximum atomic E-state index is 11.9. The zero-order chi connectivity index (χ0) is 12.1. The molecule has 0 aliphatic heterocycles. The van der Waals surface area contributed by atoms with Crippen LogP contribution < -0.4 is 5.32 Å². The molecule has 1 amide bonds. The molecule has 1 heterocycles. The highest BCUT2D eigenvalue weighted by Gasteiger charge is 2.14. The average molecular weight is 229 g/mol. The van der Waals surface area contributed by atoms with Crippen LogP contribution in [0.1, 0.15) is 24.2 Å². The fraction of sp³-hybridized carbons (Fsp3) is 0.214. The fourth-order valence-electron chi connectivity index (χ4n) is 1.63. The van der Waals surface area contributed by atoms with E-state index >= 15 is 0 Å². The van der Waals surface area contributed by atoms with Crippen molar-refractivity contribution < 1.29 is 9.21 Å². The first-order chi connectivity index (χ1) is 8.27. The average Bonchev–Trinajstić information content (AvgIpc) is 2.89. The van der Waals surface area contributed by atoms with Crippen LogP contribution in [-0.4, -0.2) is 5.91 Å². The summed E-state index contributed by atoms with van der Waals surface area (Å²) in [7, 11) is 0. The number of hydrogen-bond donors (Lipinski definition) is 1. The predicted octanol–water partition coefficient (Wildman–Crippen LogP) is 2.70. The van der Waals surface area contributed by atoms with Crippen LogP contribution in [-0.2, 0) is 11.3 Å². The Morgan fingerprint density at radius 1 is 1.24 bits per heavy atom. The lowest BCUT2D eigenvalue weighted by atomic mass is 10.0. The van der Waals surface area contributed by atoms with Gasteiger partial charge in [0.2, 0.25) is 5.91 Å². The monoisotopic (exact) mass is 229 g/mol. The number of amides is 1. The Morgan fingerprint density at radius 2 is 2.00 bits per heavy atom. The van der Waals surface area contributed by atoms with Crippen LogP contribution in [0.2, 0.25) is 0 Å². The van der Waals surface area contributed by atoms with E-state index in [9.17, 15) is 4.79 Å². The van der Waals surface area contributed by atoms with Gasteiger partial charge in [-0.05, 0) is 24.6 Å². The lowest BCUT2D eigenvalue weighted by Gasteiger charge is -2.11. The van der Waals surface area contributed by atoms with Crippen LogP contribution in [0.3, 0.4) is 0 Å². The highest BCUT2D eigenvalue weighted by atomic mass is 16.3. The third kappa shape index (κ3) is 2.97. The molecule has 1 atom stereocenters. The van der Waals surface area contributed by atoms with Crippen molar-refractivity contribution in [2.75, 3.05) is 0 Å². The summed E-state index contributed by atoms with van der Waals surface area (Å²) >= 11 is 0. The first-order valence-electron chi connectivity index (χ1n) is 5.62. The summed E-state index contributed by atoms with van der Waals surface area (Å²) in [5.74, 6) is 0.623. The molecule has 1 aromatic heterocycles. The Labute approximate surface area is 100 Å². The zero-order valence-corrected chi connectivity index (χ0v) is 9.72. The van der Waals surface area contributed by atoms with Crippen molar-refractivity contribution >= 4 is 5.91 Å². The summed E-state index contributed by atoms with van der Waals surface area (Å²) in [4.78, 5) is 11.9. The summed E-state index contributed by atoms with van der Waals surface area (Å²) in [6.07, 6.45) is 1.60. The molecule has 0 aliphatic carbocycles. The Bertz CT molecular complexity index is 462. The second-order valence-corrected chi connectivity index (χ2v) is 3.93. The molecular weight excluding hydrogens is 214 g/mol. The smallest absolute Gasteiger partial charge is 0.227 e. The summed E-state index contributed by atoms with van der Waals surface area (Å²) in [6, 6.07) is 13.4. The first kappa shape index (κ1) is 11.5. The van der Waals surface area contributed by atoms with Gasteiger partial charge in [-0.3, -0.25) is 4.79 Å². The minimum absolute atomic E-state index is 0.00704. The van der Waals surface area contributed by atoms with Gasteiger partial charge in [-0.1, -0.05) is 30.3 Å². The van der Waals surface area contributed by atoms with Gasteiger partial charge < -0.3 is 9.73 Å². The largest absolute Gasteiger partial charge is 0.467 e. The first-order valence-corrected chi connectivity index (χ1v) is 5.62. The van der Waals surface area contributed by atoms with Gasteiger partial charge in [-0.25, -0.2) is 0 Å². The van der Waals surface area contributed by atoms with Crippen molar-refractivity contribution in [3.05, 3.63) is 60.1 Å². The maximum absolute atomic E-state index is 11.9. The summed E-state index contributed by atoms with van der Waals surface area (Å²) < 4.78 is 5.15. The van der Waals surface area contributed by atoms with E-state index in [1.807, 2.05) is 49.4 Å². The number of hydrogen-bond acceptors (Lipinski definition) is 2. The number of benzene rings is 1. The van der Waals surface area contributed by atoms with Gasteiger partial charge in [-0.15, -0.1) is 0 Å². The Morgan fingerprint density at radius 3 is 2.65 bits per heavy atom. The van der Waals surface area contributed by atoms with E-state index in [0.29, 0.717) is 6.54 Å². The van der Waals surface area contributed by atoms with Crippen molar-refractivity contribution in [2.45, 2.75) is 19.4 Å². The molecule has 0 fully saturated rings. The van der Waals surface area contributed by atoms with Crippen molar-refractivity contribution in [2.24, 2.45) is 0 Å². The number of carbonyl (C=O) groups is 1. The fourth-order valence-corrected chi connectivity index (χ4v) is 1.63. The molecule has 2 aromatic rings. The highest BCUT2D eigenvalue weighted by molar-refractivity contribution is 5.83. The van der Waals surface area contributed by atoms with Crippen molar-refractivity contribution in [3.8, 4) is 0 Å². The summed E-state index contributed by atoms with van der Waals surface area (Å²) in [5.41, 5.74) is 1.02. The molecule has 0 saturated carbocycles. The molecule has 0 bridgehead atoms. The zero-order valence-electron chi connectivity index (χ0n) is 9.72. The third-order valence-corrected chi connectivity index (χ3v) is 2.71. The van der Waals surface area contributed by atoms with Crippen LogP contribution >= 0.6 is 0 Å². The lowest BCUT2D eigenvalue weighted by molar-refractivity contribution is -0.122.